The van der Waals surface area contributed by atoms with Crippen molar-refractivity contribution in [2.75, 3.05) is 11.8 Å². The SMILES string of the molecule is COC(=O)c1ccc(Cl)c(S(=O)(=O)Nc2ccc(C(N)=O)cc2)c1. The van der Waals surface area contributed by atoms with Crippen LogP contribution in [0.25, 0.3) is 0 Å². The topological polar surface area (TPSA) is 116 Å². The maximum atomic E-state index is 12.5. The summed E-state index contributed by atoms with van der Waals surface area (Å²) in [7, 11) is -2.86. The van der Waals surface area contributed by atoms with Gasteiger partial charge in [-0.25, -0.2) is 13.2 Å². The first-order valence-electron chi connectivity index (χ1n) is 6.55. The summed E-state index contributed by atoms with van der Waals surface area (Å²) in [6.45, 7) is 0. The quantitative estimate of drug-likeness (QED) is 0.783. The van der Waals surface area contributed by atoms with E-state index in [0.717, 1.165) is 6.07 Å². The molecule has 0 atom stereocenters. The molecule has 2 aromatic carbocycles. The summed E-state index contributed by atoms with van der Waals surface area (Å²) < 4.78 is 31.8. The lowest BCUT2D eigenvalue weighted by Crippen LogP contribution is -2.15. The van der Waals surface area contributed by atoms with E-state index in [2.05, 4.69) is 9.46 Å². The first kappa shape index (κ1) is 17.8. The molecule has 0 spiro atoms. The molecular weight excluding hydrogens is 356 g/mol. The van der Waals surface area contributed by atoms with Gasteiger partial charge in [-0.05, 0) is 42.5 Å². The van der Waals surface area contributed by atoms with Crippen LogP contribution in [0.1, 0.15) is 20.7 Å². The van der Waals surface area contributed by atoms with Crippen molar-refractivity contribution >= 4 is 39.2 Å². The molecule has 0 fully saturated rings. The Balaban J connectivity index is 2.36. The lowest BCUT2D eigenvalue weighted by atomic mass is 10.2. The highest BCUT2D eigenvalue weighted by Gasteiger charge is 2.20. The van der Waals surface area contributed by atoms with Crippen molar-refractivity contribution in [3.05, 3.63) is 58.6 Å². The van der Waals surface area contributed by atoms with Gasteiger partial charge >= 0.3 is 5.97 Å². The fourth-order valence-corrected chi connectivity index (χ4v) is 3.45. The predicted octanol–water partition coefficient (Wildman–Crippen LogP) is 2.03. The third-order valence-corrected chi connectivity index (χ3v) is 4.93. The Morgan fingerprint density at radius 3 is 2.21 bits per heavy atom. The van der Waals surface area contributed by atoms with Crippen molar-refractivity contribution in [1.82, 2.24) is 0 Å². The minimum atomic E-state index is -4.05. The first-order valence-corrected chi connectivity index (χ1v) is 8.41. The number of methoxy groups -OCH3 is 1. The zero-order valence-electron chi connectivity index (χ0n) is 12.4. The number of carbonyl (C=O) groups is 2. The normalized spacial score (nSPS) is 10.9. The number of hydrogen-bond donors (Lipinski definition) is 2. The molecule has 2 aromatic rings. The van der Waals surface area contributed by atoms with Gasteiger partial charge in [-0.15, -0.1) is 0 Å². The third-order valence-electron chi connectivity index (χ3n) is 3.06. The Labute approximate surface area is 143 Å². The molecule has 0 heterocycles. The monoisotopic (exact) mass is 368 g/mol. The van der Waals surface area contributed by atoms with Gasteiger partial charge in [-0.3, -0.25) is 9.52 Å². The Kier molecular flexibility index (Phi) is 5.10. The molecule has 126 valence electrons. The number of primary amides is 1. The summed E-state index contributed by atoms with van der Waals surface area (Å²) >= 11 is 5.93. The van der Waals surface area contributed by atoms with E-state index in [0.29, 0.717) is 0 Å². The second-order valence-corrected chi connectivity index (χ2v) is 6.74. The third kappa shape index (κ3) is 3.84. The Hall–Kier alpha value is -2.58. The maximum Gasteiger partial charge on any atom is 0.337 e. The van der Waals surface area contributed by atoms with E-state index in [4.69, 9.17) is 17.3 Å². The van der Waals surface area contributed by atoms with Crippen LogP contribution in [0.4, 0.5) is 5.69 Å². The van der Waals surface area contributed by atoms with Gasteiger partial charge < -0.3 is 10.5 Å². The molecule has 1 amide bonds. The van der Waals surface area contributed by atoms with E-state index in [1.54, 1.807) is 0 Å². The summed E-state index contributed by atoms with van der Waals surface area (Å²) in [6, 6.07) is 9.30. The van der Waals surface area contributed by atoms with E-state index in [1.807, 2.05) is 0 Å². The Morgan fingerprint density at radius 2 is 1.67 bits per heavy atom. The number of hydrogen-bond acceptors (Lipinski definition) is 5. The minimum absolute atomic E-state index is 0.0475. The zero-order valence-corrected chi connectivity index (χ0v) is 14.0. The summed E-state index contributed by atoms with van der Waals surface area (Å²) in [6.07, 6.45) is 0. The number of carbonyl (C=O) groups excluding carboxylic acids is 2. The molecule has 0 aliphatic carbocycles. The van der Waals surface area contributed by atoms with Crippen LogP contribution < -0.4 is 10.5 Å². The van der Waals surface area contributed by atoms with Crippen molar-refractivity contribution in [1.29, 1.82) is 0 Å². The number of ether oxygens (including phenoxy) is 1. The molecular formula is C15H13ClN2O5S. The van der Waals surface area contributed by atoms with Gasteiger partial charge in [0, 0.05) is 11.3 Å². The van der Waals surface area contributed by atoms with E-state index in [1.165, 1.54) is 43.5 Å². The van der Waals surface area contributed by atoms with Crippen molar-refractivity contribution in [3.8, 4) is 0 Å². The second kappa shape index (κ2) is 6.90. The molecule has 0 unspecified atom stereocenters. The molecule has 2 rings (SSSR count). The lowest BCUT2D eigenvalue weighted by molar-refractivity contribution is 0.0600. The molecule has 7 nitrogen and oxygen atoms in total. The van der Waals surface area contributed by atoms with Gasteiger partial charge in [0.25, 0.3) is 10.0 Å². The number of nitrogens with one attached hydrogen (secondary N) is 1. The standard InChI is InChI=1S/C15H13ClN2O5S/c1-23-15(20)10-4-7-12(16)13(8-10)24(21,22)18-11-5-2-9(3-6-11)14(17)19/h2-8,18H,1H3,(H2,17,19). The molecule has 0 aromatic heterocycles. The highest BCUT2D eigenvalue weighted by Crippen LogP contribution is 2.25. The number of anilines is 1. The van der Waals surface area contributed by atoms with Gasteiger partial charge in [-0.2, -0.15) is 0 Å². The number of sulfonamides is 1. The van der Waals surface area contributed by atoms with Crippen LogP contribution in [-0.4, -0.2) is 27.4 Å². The Morgan fingerprint density at radius 1 is 1.08 bits per heavy atom. The zero-order chi connectivity index (χ0) is 17.9. The fourth-order valence-electron chi connectivity index (χ4n) is 1.87. The van der Waals surface area contributed by atoms with Crippen LogP contribution in [0.2, 0.25) is 5.02 Å². The number of rotatable bonds is 5. The number of esters is 1. The van der Waals surface area contributed by atoms with Gasteiger partial charge in [0.15, 0.2) is 0 Å². The molecule has 0 saturated carbocycles. The van der Waals surface area contributed by atoms with Crippen LogP contribution in [0, 0.1) is 0 Å². The van der Waals surface area contributed by atoms with Crippen LogP contribution in [0.5, 0.6) is 0 Å². The van der Waals surface area contributed by atoms with Gasteiger partial charge in [0.2, 0.25) is 5.91 Å². The highest BCUT2D eigenvalue weighted by atomic mass is 35.5. The van der Waals surface area contributed by atoms with Crippen LogP contribution in [-0.2, 0) is 14.8 Å². The van der Waals surface area contributed by atoms with Crippen molar-refractivity contribution in [2.24, 2.45) is 5.73 Å². The van der Waals surface area contributed by atoms with Crippen LogP contribution in [0.15, 0.2) is 47.4 Å². The lowest BCUT2D eigenvalue weighted by Gasteiger charge is -2.11. The smallest absolute Gasteiger partial charge is 0.337 e. The largest absolute Gasteiger partial charge is 0.465 e. The van der Waals surface area contributed by atoms with Crippen LogP contribution >= 0.6 is 11.6 Å². The molecule has 0 aliphatic rings. The summed E-state index contributed by atoms with van der Waals surface area (Å²) in [5, 5.41) is -0.0519. The number of benzene rings is 2. The molecule has 0 radical (unpaired) electrons. The molecule has 0 aliphatic heterocycles. The molecule has 0 bridgehead atoms. The number of amides is 1. The van der Waals surface area contributed by atoms with Gasteiger partial charge in [0.1, 0.15) is 4.90 Å². The number of halogens is 1. The fraction of sp³-hybridized carbons (Fsp3) is 0.0667. The highest BCUT2D eigenvalue weighted by molar-refractivity contribution is 7.92. The number of nitrogens with two attached hydrogens (primary N) is 1. The molecule has 0 saturated heterocycles. The Bertz CT molecular complexity index is 895. The van der Waals surface area contributed by atoms with Crippen LogP contribution in [0.3, 0.4) is 0 Å². The predicted molar refractivity (Wildman–Crippen MR) is 88.6 cm³/mol. The van der Waals surface area contributed by atoms with Gasteiger partial charge in [0.05, 0.1) is 17.7 Å². The van der Waals surface area contributed by atoms with E-state index in [-0.39, 0.29) is 26.7 Å². The summed E-state index contributed by atoms with van der Waals surface area (Å²) in [5.74, 6) is -1.31. The minimum Gasteiger partial charge on any atom is -0.465 e. The summed E-state index contributed by atoms with van der Waals surface area (Å²) in [4.78, 5) is 22.3. The van der Waals surface area contributed by atoms with Crippen molar-refractivity contribution in [2.45, 2.75) is 4.90 Å². The first-order chi connectivity index (χ1) is 11.2. The second-order valence-electron chi connectivity index (χ2n) is 4.68. The maximum absolute atomic E-state index is 12.5. The summed E-state index contributed by atoms with van der Waals surface area (Å²) in [5.41, 5.74) is 5.62. The van der Waals surface area contributed by atoms with Crippen molar-refractivity contribution in [3.63, 3.8) is 0 Å². The van der Waals surface area contributed by atoms with Crippen molar-refractivity contribution < 1.29 is 22.7 Å². The molecule has 9 heteroatoms. The average Bonchev–Trinajstić information content (AvgIpc) is 2.54. The van der Waals surface area contributed by atoms with E-state index >= 15 is 0 Å². The average molecular weight is 369 g/mol. The van der Waals surface area contributed by atoms with Gasteiger partial charge in [-0.1, -0.05) is 11.6 Å². The molecule has 3 N–H and O–H groups in total. The molecule has 24 heavy (non-hydrogen) atoms. The van der Waals surface area contributed by atoms with E-state index in [9.17, 15) is 18.0 Å². The van der Waals surface area contributed by atoms with E-state index < -0.39 is 21.9 Å².